The predicted octanol–water partition coefficient (Wildman–Crippen LogP) is 3.37. The molecule has 6 heteroatoms. The fourth-order valence-electron chi connectivity index (χ4n) is 2.78. The van der Waals surface area contributed by atoms with Gasteiger partial charge in [0.15, 0.2) is 11.6 Å². The molecule has 1 aliphatic carbocycles. The van der Waals surface area contributed by atoms with Gasteiger partial charge in [0, 0.05) is 17.4 Å². The number of carbonyl (C=O) groups excluding carboxylic acids is 1. The number of amides is 1. The van der Waals surface area contributed by atoms with Gasteiger partial charge in [-0.3, -0.25) is 4.79 Å². The SMILES string of the molecule is O=C(N[C@H](CCO)c1cccs1)[C@@H]1C[C@@H]1c1ccc(F)c(F)c1. The quantitative estimate of drug-likeness (QED) is 0.849. The lowest BCUT2D eigenvalue weighted by Crippen LogP contribution is -2.30. The average Bonchev–Trinajstić information content (AvgIpc) is 3.15. The summed E-state index contributed by atoms with van der Waals surface area (Å²) in [5.41, 5.74) is 0.652. The van der Waals surface area contributed by atoms with Gasteiger partial charge in [0.1, 0.15) is 0 Å². The van der Waals surface area contributed by atoms with E-state index in [0.29, 0.717) is 18.4 Å². The molecule has 1 aliphatic rings. The zero-order valence-electron chi connectivity index (χ0n) is 12.3. The van der Waals surface area contributed by atoms with Gasteiger partial charge in [-0.2, -0.15) is 0 Å². The summed E-state index contributed by atoms with van der Waals surface area (Å²) in [5, 5.41) is 14.0. The Bertz CT molecular complexity index is 690. The van der Waals surface area contributed by atoms with Crippen molar-refractivity contribution in [1.82, 2.24) is 5.32 Å². The van der Waals surface area contributed by atoms with Crippen LogP contribution in [-0.4, -0.2) is 17.6 Å². The molecule has 3 nitrogen and oxygen atoms in total. The Labute approximate surface area is 137 Å². The van der Waals surface area contributed by atoms with E-state index in [1.165, 1.54) is 17.4 Å². The van der Waals surface area contributed by atoms with Crippen LogP contribution in [0.1, 0.15) is 35.2 Å². The second-order valence-electron chi connectivity index (χ2n) is 5.71. The number of rotatable bonds is 6. The van der Waals surface area contributed by atoms with Crippen LogP contribution in [0, 0.1) is 17.6 Å². The van der Waals surface area contributed by atoms with Crippen LogP contribution in [0.4, 0.5) is 8.78 Å². The van der Waals surface area contributed by atoms with Gasteiger partial charge in [0.2, 0.25) is 5.91 Å². The van der Waals surface area contributed by atoms with Crippen molar-refractivity contribution in [2.45, 2.75) is 24.8 Å². The highest BCUT2D eigenvalue weighted by Crippen LogP contribution is 2.48. The molecular weight excluding hydrogens is 320 g/mol. The van der Waals surface area contributed by atoms with Crippen LogP contribution in [0.5, 0.6) is 0 Å². The van der Waals surface area contributed by atoms with Crippen molar-refractivity contribution in [3.8, 4) is 0 Å². The van der Waals surface area contributed by atoms with E-state index in [-0.39, 0.29) is 30.4 Å². The standard InChI is InChI=1S/C17H17F2NO2S/c18-13-4-3-10(8-14(13)19)11-9-12(11)17(22)20-15(5-6-21)16-2-1-7-23-16/h1-4,7-8,11-12,15,21H,5-6,9H2,(H,20,22)/t11-,12-,15-/m1/s1. The Morgan fingerprint density at radius 2 is 2.17 bits per heavy atom. The van der Waals surface area contributed by atoms with Crippen LogP contribution in [0.2, 0.25) is 0 Å². The highest BCUT2D eigenvalue weighted by atomic mass is 32.1. The van der Waals surface area contributed by atoms with Gasteiger partial charge < -0.3 is 10.4 Å². The van der Waals surface area contributed by atoms with Crippen LogP contribution in [-0.2, 0) is 4.79 Å². The zero-order valence-corrected chi connectivity index (χ0v) is 13.2. The third-order valence-corrected chi connectivity index (χ3v) is 5.11. The molecule has 1 aromatic heterocycles. The molecule has 0 aliphatic heterocycles. The lowest BCUT2D eigenvalue weighted by molar-refractivity contribution is -0.123. The molecule has 0 saturated heterocycles. The molecule has 1 aromatic carbocycles. The topological polar surface area (TPSA) is 49.3 Å². The Hall–Kier alpha value is -1.79. The molecule has 0 spiro atoms. The highest BCUT2D eigenvalue weighted by molar-refractivity contribution is 7.10. The number of aliphatic hydroxyl groups excluding tert-OH is 1. The molecule has 2 aromatic rings. The third-order valence-electron chi connectivity index (χ3n) is 4.12. The zero-order chi connectivity index (χ0) is 16.4. The van der Waals surface area contributed by atoms with Gasteiger partial charge in [0.05, 0.1) is 6.04 Å². The summed E-state index contributed by atoms with van der Waals surface area (Å²) in [7, 11) is 0. The molecule has 3 atom stereocenters. The monoisotopic (exact) mass is 337 g/mol. The minimum atomic E-state index is -0.884. The molecule has 0 radical (unpaired) electrons. The summed E-state index contributed by atoms with van der Waals surface area (Å²) >= 11 is 1.53. The smallest absolute Gasteiger partial charge is 0.224 e. The van der Waals surface area contributed by atoms with Crippen molar-refractivity contribution in [3.63, 3.8) is 0 Å². The maximum atomic E-state index is 13.3. The Morgan fingerprint density at radius 1 is 1.35 bits per heavy atom. The Kier molecular flexibility index (Phi) is 4.73. The lowest BCUT2D eigenvalue weighted by atomic mass is 10.1. The number of benzene rings is 1. The molecule has 1 fully saturated rings. The van der Waals surface area contributed by atoms with E-state index >= 15 is 0 Å². The van der Waals surface area contributed by atoms with Crippen molar-refractivity contribution >= 4 is 17.2 Å². The van der Waals surface area contributed by atoms with E-state index in [1.54, 1.807) is 0 Å². The predicted molar refractivity (Wildman–Crippen MR) is 84.1 cm³/mol. The van der Waals surface area contributed by atoms with Gasteiger partial charge in [-0.25, -0.2) is 8.78 Å². The van der Waals surface area contributed by atoms with Crippen LogP contribution in [0.15, 0.2) is 35.7 Å². The summed E-state index contributed by atoms with van der Waals surface area (Å²) < 4.78 is 26.3. The van der Waals surface area contributed by atoms with Crippen molar-refractivity contribution < 1.29 is 18.7 Å². The fourth-order valence-corrected chi connectivity index (χ4v) is 3.59. The van der Waals surface area contributed by atoms with Gasteiger partial charge in [-0.15, -0.1) is 11.3 Å². The van der Waals surface area contributed by atoms with E-state index in [4.69, 9.17) is 5.11 Å². The first-order valence-electron chi connectivity index (χ1n) is 7.49. The van der Waals surface area contributed by atoms with Gasteiger partial charge >= 0.3 is 0 Å². The number of carbonyl (C=O) groups is 1. The summed E-state index contributed by atoms with van der Waals surface area (Å²) in [6.07, 6.45) is 1.09. The van der Waals surface area contributed by atoms with Crippen LogP contribution in [0.3, 0.4) is 0 Å². The molecular formula is C17H17F2NO2S. The van der Waals surface area contributed by atoms with Crippen molar-refractivity contribution in [1.29, 1.82) is 0 Å². The average molecular weight is 337 g/mol. The minimum Gasteiger partial charge on any atom is -0.396 e. The number of hydrogen-bond acceptors (Lipinski definition) is 3. The van der Waals surface area contributed by atoms with Crippen molar-refractivity contribution in [2.24, 2.45) is 5.92 Å². The van der Waals surface area contributed by atoms with E-state index in [1.807, 2.05) is 17.5 Å². The van der Waals surface area contributed by atoms with E-state index < -0.39 is 11.6 Å². The second kappa shape index (κ2) is 6.76. The first-order valence-corrected chi connectivity index (χ1v) is 8.37. The van der Waals surface area contributed by atoms with E-state index in [2.05, 4.69) is 5.32 Å². The molecule has 1 saturated carbocycles. The van der Waals surface area contributed by atoms with Gasteiger partial charge in [0.25, 0.3) is 0 Å². The molecule has 1 amide bonds. The maximum Gasteiger partial charge on any atom is 0.224 e. The van der Waals surface area contributed by atoms with Gasteiger partial charge in [-0.1, -0.05) is 12.1 Å². The van der Waals surface area contributed by atoms with E-state index in [0.717, 1.165) is 17.0 Å². The first kappa shape index (κ1) is 16.1. The summed E-state index contributed by atoms with van der Waals surface area (Å²) in [6, 6.07) is 7.40. The van der Waals surface area contributed by atoms with Crippen molar-refractivity contribution in [3.05, 3.63) is 57.8 Å². The Morgan fingerprint density at radius 3 is 2.83 bits per heavy atom. The molecule has 0 unspecified atom stereocenters. The summed E-state index contributed by atoms with van der Waals surface area (Å²) in [6.45, 7) is -0.0138. The van der Waals surface area contributed by atoms with Crippen LogP contribution < -0.4 is 5.32 Å². The summed E-state index contributed by atoms with van der Waals surface area (Å²) in [5.74, 6) is -2.16. The Balaban J connectivity index is 1.64. The largest absolute Gasteiger partial charge is 0.396 e. The number of aliphatic hydroxyl groups is 1. The lowest BCUT2D eigenvalue weighted by Gasteiger charge is -2.16. The third kappa shape index (κ3) is 3.59. The normalized spacial score (nSPS) is 21.0. The fraction of sp³-hybridized carbons (Fsp3) is 0.353. The van der Waals surface area contributed by atoms with Gasteiger partial charge in [-0.05, 0) is 47.9 Å². The van der Waals surface area contributed by atoms with E-state index in [9.17, 15) is 13.6 Å². The number of halogens is 2. The molecule has 0 bridgehead atoms. The molecule has 1 heterocycles. The first-order chi connectivity index (χ1) is 11.1. The van der Waals surface area contributed by atoms with Crippen LogP contribution >= 0.6 is 11.3 Å². The number of thiophene rings is 1. The second-order valence-corrected chi connectivity index (χ2v) is 6.69. The molecule has 2 N–H and O–H groups in total. The van der Waals surface area contributed by atoms with Crippen molar-refractivity contribution in [2.75, 3.05) is 6.61 Å². The highest BCUT2D eigenvalue weighted by Gasteiger charge is 2.44. The number of nitrogens with one attached hydrogen (secondary N) is 1. The maximum absolute atomic E-state index is 13.3. The molecule has 122 valence electrons. The summed E-state index contributed by atoms with van der Waals surface area (Å²) in [4.78, 5) is 13.4. The van der Waals surface area contributed by atoms with Crippen LogP contribution in [0.25, 0.3) is 0 Å². The number of hydrogen-bond donors (Lipinski definition) is 2. The molecule has 23 heavy (non-hydrogen) atoms. The molecule has 3 rings (SSSR count). The minimum absolute atomic E-state index is 0.0138.